The van der Waals surface area contributed by atoms with Crippen molar-refractivity contribution in [3.8, 4) is 0 Å². The Bertz CT molecular complexity index is 1300. The van der Waals surface area contributed by atoms with Crippen molar-refractivity contribution in [2.24, 2.45) is 5.73 Å². The molecule has 0 spiro atoms. The standard InChI is InChI=1S/C19H16N4O.C3H7NO2.C2H4O2/c1-12-21-16-17(19(20)24)22-15-10-6-5-9-14(15)18(16)23(12)11-13-7-3-2-4-8-13;1-4-2-3(5)6;1-2(3)4/h2-10H,11H2,1H3,(H2,20,24);4H,2H2,1H3,(H,5,6);1H3,(H,3,4). The number of hydrogen-bond donors (Lipinski definition) is 4. The number of carboxylic acids is 2. The van der Waals surface area contributed by atoms with Crippen LogP contribution in [-0.2, 0) is 16.1 Å². The first kappa shape index (κ1) is 25.9. The number of carboxylic acid groups (broad SMARTS) is 2. The first-order valence-corrected chi connectivity index (χ1v) is 10.3. The van der Waals surface area contributed by atoms with Gasteiger partial charge in [-0.1, -0.05) is 48.5 Å². The van der Waals surface area contributed by atoms with E-state index in [1.54, 1.807) is 7.05 Å². The Morgan fingerprint density at radius 2 is 1.59 bits per heavy atom. The third-order valence-electron chi connectivity index (χ3n) is 4.52. The highest BCUT2D eigenvalue weighted by Crippen LogP contribution is 2.28. The summed E-state index contributed by atoms with van der Waals surface area (Å²) in [5, 5.41) is 18.7. The summed E-state index contributed by atoms with van der Waals surface area (Å²) in [5.41, 5.74) is 9.13. The maximum absolute atomic E-state index is 11.8. The second kappa shape index (κ2) is 12.1. The van der Waals surface area contributed by atoms with E-state index in [0.29, 0.717) is 12.1 Å². The van der Waals surface area contributed by atoms with E-state index in [2.05, 4.69) is 32.0 Å². The van der Waals surface area contributed by atoms with Crippen molar-refractivity contribution >= 4 is 39.8 Å². The van der Waals surface area contributed by atoms with Gasteiger partial charge >= 0.3 is 5.97 Å². The topological polar surface area (TPSA) is 160 Å². The van der Waals surface area contributed by atoms with E-state index in [1.807, 2.05) is 49.4 Å². The van der Waals surface area contributed by atoms with Crippen molar-refractivity contribution in [1.29, 1.82) is 0 Å². The average molecular weight is 466 g/mol. The lowest BCUT2D eigenvalue weighted by atomic mass is 10.1. The third kappa shape index (κ3) is 6.84. The van der Waals surface area contributed by atoms with Crippen LogP contribution in [-0.4, -0.2) is 56.2 Å². The van der Waals surface area contributed by atoms with Crippen LogP contribution in [0.15, 0.2) is 54.6 Å². The van der Waals surface area contributed by atoms with Gasteiger partial charge in [-0.2, -0.15) is 0 Å². The summed E-state index contributed by atoms with van der Waals surface area (Å²) in [5.74, 6) is -1.39. The highest BCUT2D eigenvalue weighted by Gasteiger charge is 2.19. The van der Waals surface area contributed by atoms with Crippen molar-refractivity contribution in [2.75, 3.05) is 13.6 Å². The predicted octanol–water partition coefficient (Wildman–Crippen LogP) is 2.42. The SMILES string of the molecule is CC(=O)O.CNCC(=O)O.Cc1nc2c(C(N)=O)nc3ccccc3c2n1Cc1ccccc1. The van der Waals surface area contributed by atoms with Crippen LogP contribution < -0.4 is 11.1 Å². The predicted molar refractivity (Wildman–Crippen MR) is 129 cm³/mol. The monoisotopic (exact) mass is 465 g/mol. The summed E-state index contributed by atoms with van der Waals surface area (Å²) in [6, 6.07) is 17.9. The summed E-state index contributed by atoms with van der Waals surface area (Å²) in [7, 11) is 1.59. The van der Waals surface area contributed by atoms with E-state index in [9.17, 15) is 9.59 Å². The molecule has 2 heterocycles. The number of nitrogens with two attached hydrogens (primary N) is 1. The van der Waals surface area contributed by atoms with Gasteiger partial charge < -0.3 is 25.8 Å². The fraction of sp³-hybridized carbons (Fsp3) is 0.208. The van der Waals surface area contributed by atoms with E-state index in [0.717, 1.165) is 29.2 Å². The van der Waals surface area contributed by atoms with Gasteiger partial charge in [-0.05, 0) is 25.6 Å². The molecule has 0 saturated carbocycles. The largest absolute Gasteiger partial charge is 0.481 e. The zero-order valence-electron chi connectivity index (χ0n) is 19.1. The summed E-state index contributed by atoms with van der Waals surface area (Å²) in [4.78, 5) is 39.4. The number of hydrogen-bond acceptors (Lipinski definition) is 6. The van der Waals surface area contributed by atoms with Gasteiger partial charge in [0.1, 0.15) is 11.3 Å². The molecule has 0 aliphatic carbocycles. The Balaban J connectivity index is 0.000000347. The molecule has 2 aromatic carbocycles. The summed E-state index contributed by atoms with van der Waals surface area (Å²) in [6.07, 6.45) is 0. The number of benzene rings is 2. The highest BCUT2D eigenvalue weighted by atomic mass is 16.4. The highest BCUT2D eigenvalue weighted by molar-refractivity contribution is 6.11. The number of carbonyl (C=O) groups excluding carboxylic acids is 1. The smallest absolute Gasteiger partial charge is 0.317 e. The maximum atomic E-state index is 11.8. The van der Waals surface area contributed by atoms with E-state index >= 15 is 0 Å². The molecule has 4 rings (SSSR count). The zero-order chi connectivity index (χ0) is 25.3. The molecular formula is C24H27N5O5. The van der Waals surface area contributed by atoms with Crippen LogP contribution >= 0.6 is 0 Å². The molecule has 5 N–H and O–H groups in total. The van der Waals surface area contributed by atoms with Gasteiger partial charge in [0.25, 0.3) is 11.9 Å². The number of likely N-dealkylation sites (N-methyl/N-ethyl adjacent to an activating group) is 1. The Kier molecular flexibility index (Phi) is 9.21. The first-order valence-electron chi connectivity index (χ1n) is 10.3. The van der Waals surface area contributed by atoms with Crippen LogP contribution in [0.1, 0.15) is 28.8 Å². The normalized spacial score (nSPS) is 10.1. The quantitative estimate of drug-likeness (QED) is 0.349. The number of pyridine rings is 1. The number of nitrogens with zero attached hydrogens (tertiary/aromatic N) is 3. The molecule has 0 unspecified atom stereocenters. The second-order valence-electron chi connectivity index (χ2n) is 7.21. The molecule has 0 fully saturated rings. The number of imidazole rings is 1. The Labute approximate surface area is 196 Å². The molecule has 0 bridgehead atoms. The Morgan fingerprint density at radius 1 is 1.00 bits per heavy atom. The fourth-order valence-corrected chi connectivity index (χ4v) is 3.23. The molecule has 1 amide bonds. The molecule has 0 atom stereocenters. The lowest BCUT2D eigenvalue weighted by Gasteiger charge is -2.09. The Hall–Kier alpha value is -4.31. The molecule has 2 aromatic heterocycles. The van der Waals surface area contributed by atoms with Crippen molar-refractivity contribution in [2.45, 2.75) is 20.4 Å². The summed E-state index contributed by atoms with van der Waals surface area (Å²) < 4.78 is 2.11. The van der Waals surface area contributed by atoms with E-state index in [4.69, 9.17) is 20.7 Å². The molecule has 4 aromatic rings. The maximum Gasteiger partial charge on any atom is 0.317 e. The third-order valence-corrected chi connectivity index (χ3v) is 4.52. The molecule has 0 aliphatic heterocycles. The number of amides is 1. The zero-order valence-corrected chi connectivity index (χ0v) is 19.1. The van der Waals surface area contributed by atoms with E-state index in [-0.39, 0.29) is 12.2 Å². The molecule has 0 saturated heterocycles. The molecule has 0 aliphatic rings. The molecule has 10 nitrogen and oxygen atoms in total. The van der Waals surface area contributed by atoms with Gasteiger partial charge in [-0.25, -0.2) is 9.97 Å². The lowest BCUT2D eigenvalue weighted by molar-refractivity contribution is -0.136. The number of nitrogens with one attached hydrogen (secondary N) is 1. The lowest BCUT2D eigenvalue weighted by Crippen LogP contribution is -2.16. The minimum Gasteiger partial charge on any atom is -0.481 e. The Morgan fingerprint density at radius 3 is 2.12 bits per heavy atom. The number of rotatable bonds is 5. The van der Waals surface area contributed by atoms with Crippen LogP contribution in [0.2, 0.25) is 0 Å². The first-order chi connectivity index (χ1) is 16.1. The van der Waals surface area contributed by atoms with Crippen molar-refractivity contribution in [1.82, 2.24) is 19.9 Å². The number of aryl methyl sites for hydroxylation is 1. The summed E-state index contributed by atoms with van der Waals surface area (Å²) >= 11 is 0. The van der Waals surface area contributed by atoms with Crippen LogP contribution in [0.5, 0.6) is 0 Å². The van der Waals surface area contributed by atoms with Gasteiger partial charge in [-0.3, -0.25) is 14.4 Å². The number of aliphatic carboxylic acids is 2. The van der Waals surface area contributed by atoms with E-state index in [1.165, 1.54) is 5.56 Å². The summed E-state index contributed by atoms with van der Waals surface area (Å²) in [6.45, 7) is 3.73. The van der Waals surface area contributed by atoms with Crippen molar-refractivity contribution in [3.63, 3.8) is 0 Å². The fourth-order valence-electron chi connectivity index (χ4n) is 3.23. The minimum atomic E-state index is -0.833. The van der Waals surface area contributed by atoms with Crippen molar-refractivity contribution < 1.29 is 24.6 Å². The molecule has 0 radical (unpaired) electrons. The van der Waals surface area contributed by atoms with Crippen LogP contribution in [0.3, 0.4) is 0 Å². The number of aromatic nitrogens is 3. The van der Waals surface area contributed by atoms with Gasteiger partial charge in [0.15, 0.2) is 5.69 Å². The molecule has 178 valence electrons. The van der Waals surface area contributed by atoms with Crippen LogP contribution in [0.4, 0.5) is 0 Å². The second-order valence-corrected chi connectivity index (χ2v) is 7.21. The van der Waals surface area contributed by atoms with Gasteiger partial charge in [0.2, 0.25) is 0 Å². The average Bonchev–Trinajstić information content (AvgIpc) is 3.10. The molecule has 10 heteroatoms. The number of primary amides is 1. The van der Waals surface area contributed by atoms with Crippen LogP contribution in [0.25, 0.3) is 21.9 Å². The van der Waals surface area contributed by atoms with E-state index < -0.39 is 17.8 Å². The van der Waals surface area contributed by atoms with Crippen molar-refractivity contribution in [3.05, 3.63) is 71.7 Å². The molecular weight excluding hydrogens is 438 g/mol. The van der Waals surface area contributed by atoms with Gasteiger partial charge in [0.05, 0.1) is 17.6 Å². The van der Waals surface area contributed by atoms with Gasteiger partial charge in [-0.15, -0.1) is 0 Å². The number of fused-ring (bicyclic) bond motifs is 3. The minimum absolute atomic E-state index is 0.0417. The van der Waals surface area contributed by atoms with Crippen LogP contribution in [0, 0.1) is 6.92 Å². The molecule has 34 heavy (non-hydrogen) atoms. The number of carbonyl (C=O) groups is 3. The number of para-hydroxylation sites is 1. The van der Waals surface area contributed by atoms with Gasteiger partial charge in [0, 0.05) is 18.9 Å².